The van der Waals surface area contributed by atoms with Crippen LogP contribution in [-0.4, -0.2) is 22.8 Å². The molecule has 0 radical (unpaired) electrons. The van der Waals surface area contributed by atoms with Crippen molar-refractivity contribution in [1.82, 2.24) is 9.88 Å². The molecule has 4 heteroatoms. The number of hydrogen-bond donors (Lipinski definition) is 1. The van der Waals surface area contributed by atoms with Gasteiger partial charge in [0.05, 0.1) is 0 Å². The smallest absolute Gasteiger partial charge is 0.222 e. The fourth-order valence-corrected chi connectivity index (χ4v) is 2.77. The van der Waals surface area contributed by atoms with Crippen molar-refractivity contribution in [2.45, 2.75) is 19.4 Å². The van der Waals surface area contributed by atoms with Gasteiger partial charge in [-0.1, -0.05) is 30.3 Å². The van der Waals surface area contributed by atoms with Gasteiger partial charge in [-0.3, -0.25) is 4.79 Å². The van der Waals surface area contributed by atoms with Gasteiger partial charge in [-0.05, 0) is 35.7 Å². The van der Waals surface area contributed by atoms with E-state index in [4.69, 9.17) is 0 Å². The standard InChI is InChI=1S/C19H19FN2O/c1-22(13-14-5-4-6-16(20)11-14)19(23)10-9-15-12-21-18-8-3-2-7-17(15)18/h2-8,11-12,21H,9-10,13H2,1H3. The van der Waals surface area contributed by atoms with Gasteiger partial charge in [0.15, 0.2) is 0 Å². The number of amides is 1. The van der Waals surface area contributed by atoms with Gasteiger partial charge < -0.3 is 9.88 Å². The van der Waals surface area contributed by atoms with Crippen LogP contribution in [0.3, 0.4) is 0 Å². The number of carbonyl (C=O) groups is 1. The Labute approximate surface area is 134 Å². The summed E-state index contributed by atoms with van der Waals surface area (Å²) in [4.78, 5) is 17.1. The number of nitrogens with zero attached hydrogens (tertiary/aromatic N) is 1. The Balaban J connectivity index is 1.60. The highest BCUT2D eigenvalue weighted by Gasteiger charge is 2.11. The molecular formula is C19H19FN2O. The molecule has 1 amide bonds. The fourth-order valence-electron chi connectivity index (χ4n) is 2.77. The topological polar surface area (TPSA) is 36.1 Å². The SMILES string of the molecule is CN(Cc1cccc(F)c1)C(=O)CCc1c[nH]c2ccccc12. The van der Waals surface area contributed by atoms with Crippen molar-refractivity contribution < 1.29 is 9.18 Å². The zero-order valence-corrected chi connectivity index (χ0v) is 13.1. The molecule has 0 fully saturated rings. The predicted octanol–water partition coefficient (Wildman–Crippen LogP) is 3.90. The monoisotopic (exact) mass is 310 g/mol. The van der Waals surface area contributed by atoms with Crippen molar-refractivity contribution in [1.29, 1.82) is 0 Å². The van der Waals surface area contributed by atoms with Crippen molar-refractivity contribution in [3.8, 4) is 0 Å². The van der Waals surface area contributed by atoms with Crippen molar-refractivity contribution in [3.05, 3.63) is 71.7 Å². The van der Waals surface area contributed by atoms with Crippen LogP contribution in [0.1, 0.15) is 17.5 Å². The fraction of sp³-hybridized carbons (Fsp3) is 0.211. The summed E-state index contributed by atoms with van der Waals surface area (Å²) in [6.45, 7) is 0.421. The zero-order valence-electron chi connectivity index (χ0n) is 13.1. The summed E-state index contributed by atoms with van der Waals surface area (Å²) in [6.07, 6.45) is 3.09. The molecule has 1 N–H and O–H groups in total. The number of nitrogens with one attached hydrogen (secondary N) is 1. The normalized spacial score (nSPS) is 10.9. The van der Waals surface area contributed by atoms with Crippen molar-refractivity contribution >= 4 is 16.8 Å². The van der Waals surface area contributed by atoms with E-state index in [1.165, 1.54) is 12.1 Å². The second-order valence-electron chi connectivity index (χ2n) is 5.74. The van der Waals surface area contributed by atoms with E-state index in [-0.39, 0.29) is 11.7 Å². The zero-order chi connectivity index (χ0) is 16.2. The summed E-state index contributed by atoms with van der Waals surface area (Å²) in [5.41, 5.74) is 3.03. The molecule has 0 unspecified atom stereocenters. The molecule has 0 aliphatic rings. The highest BCUT2D eigenvalue weighted by Crippen LogP contribution is 2.19. The first-order chi connectivity index (χ1) is 11.1. The Hall–Kier alpha value is -2.62. The summed E-state index contributed by atoms with van der Waals surface area (Å²) < 4.78 is 13.2. The van der Waals surface area contributed by atoms with Crippen LogP contribution < -0.4 is 0 Å². The molecule has 0 saturated heterocycles. The van der Waals surface area contributed by atoms with Crippen molar-refractivity contribution in [2.75, 3.05) is 7.05 Å². The summed E-state index contributed by atoms with van der Waals surface area (Å²) in [5, 5.41) is 1.16. The first-order valence-electron chi connectivity index (χ1n) is 7.67. The highest BCUT2D eigenvalue weighted by molar-refractivity contribution is 5.84. The van der Waals surface area contributed by atoms with Crippen LogP contribution in [0.5, 0.6) is 0 Å². The number of halogens is 1. The molecule has 0 aliphatic carbocycles. The molecule has 0 bridgehead atoms. The molecule has 1 heterocycles. The van der Waals surface area contributed by atoms with Gasteiger partial charge in [0, 0.05) is 37.1 Å². The Morgan fingerprint density at radius 2 is 2.00 bits per heavy atom. The van der Waals surface area contributed by atoms with Gasteiger partial charge >= 0.3 is 0 Å². The molecule has 0 atom stereocenters. The lowest BCUT2D eigenvalue weighted by atomic mass is 10.1. The molecule has 0 aliphatic heterocycles. The minimum Gasteiger partial charge on any atom is -0.361 e. The molecule has 118 valence electrons. The average molecular weight is 310 g/mol. The number of para-hydroxylation sites is 1. The number of fused-ring (bicyclic) bond motifs is 1. The number of aromatic nitrogens is 1. The Kier molecular flexibility index (Phi) is 4.42. The maximum atomic E-state index is 13.2. The van der Waals surface area contributed by atoms with Crippen LogP contribution in [0.15, 0.2) is 54.7 Å². The third kappa shape index (κ3) is 3.59. The van der Waals surface area contributed by atoms with E-state index in [9.17, 15) is 9.18 Å². The van der Waals surface area contributed by atoms with E-state index < -0.39 is 0 Å². The predicted molar refractivity (Wildman–Crippen MR) is 89.5 cm³/mol. The first kappa shape index (κ1) is 15.3. The number of aryl methyl sites for hydroxylation is 1. The van der Waals surface area contributed by atoms with E-state index in [0.29, 0.717) is 19.4 Å². The van der Waals surface area contributed by atoms with Gasteiger partial charge in [-0.2, -0.15) is 0 Å². The number of benzene rings is 2. The summed E-state index contributed by atoms with van der Waals surface area (Å²) >= 11 is 0. The van der Waals surface area contributed by atoms with Gasteiger partial charge in [-0.15, -0.1) is 0 Å². The second kappa shape index (κ2) is 6.65. The van der Waals surface area contributed by atoms with Gasteiger partial charge in [-0.25, -0.2) is 4.39 Å². The quantitative estimate of drug-likeness (QED) is 0.762. The Morgan fingerprint density at radius 1 is 1.17 bits per heavy atom. The molecule has 1 aromatic heterocycles. The third-order valence-corrected chi connectivity index (χ3v) is 4.02. The van der Waals surface area contributed by atoms with Crippen LogP contribution >= 0.6 is 0 Å². The molecule has 0 spiro atoms. The van der Waals surface area contributed by atoms with E-state index in [1.54, 1.807) is 18.0 Å². The summed E-state index contributed by atoms with van der Waals surface area (Å²) in [7, 11) is 1.75. The van der Waals surface area contributed by atoms with Gasteiger partial charge in [0.25, 0.3) is 0 Å². The highest BCUT2D eigenvalue weighted by atomic mass is 19.1. The molecule has 3 aromatic rings. The Morgan fingerprint density at radius 3 is 2.83 bits per heavy atom. The first-order valence-corrected chi connectivity index (χ1v) is 7.67. The number of H-pyrrole nitrogens is 1. The van der Waals surface area contributed by atoms with Crippen LogP contribution in [-0.2, 0) is 17.8 Å². The van der Waals surface area contributed by atoms with Gasteiger partial charge in [0.1, 0.15) is 5.82 Å². The van der Waals surface area contributed by atoms with Crippen molar-refractivity contribution in [3.63, 3.8) is 0 Å². The maximum absolute atomic E-state index is 13.2. The number of carbonyl (C=O) groups excluding carboxylic acids is 1. The number of rotatable bonds is 5. The lowest BCUT2D eigenvalue weighted by Crippen LogP contribution is -2.26. The largest absolute Gasteiger partial charge is 0.361 e. The van der Waals surface area contributed by atoms with E-state index in [1.807, 2.05) is 30.5 Å². The maximum Gasteiger partial charge on any atom is 0.222 e. The molecule has 23 heavy (non-hydrogen) atoms. The Bertz CT molecular complexity index is 825. The van der Waals surface area contributed by atoms with Crippen LogP contribution in [0.4, 0.5) is 4.39 Å². The molecule has 3 nitrogen and oxygen atoms in total. The van der Waals surface area contributed by atoms with Crippen LogP contribution in [0.25, 0.3) is 10.9 Å². The van der Waals surface area contributed by atoms with Crippen molar-refractivity contribution in [2.24, 2.45) is 0 Å². The van der Waals surface area contributed by atoms with E-state index in [0.717, 1.165) is 22.0 Å². The molecular weight excluding hydrogens is 291 g/mol. The molecule has 3 rings (SSSR count). The lowest BCUT2D eigenvalue weighted by Gasteiger charge is -2.17. The van der Waals surface area contributed by atoms with Crippen LogP contribution in [0, 0.1) is 5.82 Å². The third-order valence-electron chi connectivity index (χ3n) is 4.02. The molecule has 2 aromatic carbocycles. The lowest BCUT2D eigenvalue weighted by molar-refractivity contribution is -0.130. The summed E-state index contributed by atoms with van der Waals surface area (Å²) in [5.74, 6) is -0.221. The average Bonchev–Trinajstić information content (AvgIpc) is 2.96. The summed E-state index contributed by atoms with van der Waals surface area (Å²) in [6, 6.07) is 14.4. The van der Waals surface area contributed by atoms with E-state index >= 15 is 0 Å². The minimum atomic E-state index is -0.276. The van der Waals surface area contributed by atoms with E-state index in [2.05, 4.69) is 11.1 Å². The molecule has 0 saturated carbocycles. The number of aromatic amines is 1. The number of hydrogen-bond acceptors (Lipinski definition) is 1. The van der Waals surface area contributed by atoms with Crippen LogP contribution in [0.2, 0.25) is 0 Å². The van der Waals surface area contributed by atoms with Gasteiger partial charge in [0.2, 0.25) is 5.91 Å². The second-order valence-corrected chi connectivity index (χ2v) is 5.74. The minimum absolute atomic E-state index is 0.0551.